The van der Waals surface area contributed by atoms with Gasteiger partial charge >= 0.3 is 0 Å². The van der Waals surface area contributed by atoms with Crippen molar-refractivity contribution in [1.82, 2.24) is 20.8 Å². The second-order valence-electron chi connectivity index (χ2n) is 6.75. The first-order valence-electron chi connectivity index (χ1n) is 9.45. The van der Waals surface area contributed by atoms with Gasteiger partial charge in [0.05, 0.1) is 17.8 Å². The zero-order valence-corrected chi connectivity index (χ0v) is 15.9. The van der Waals surface area contributed by atoms with Crippen LogP contribution in [0.5, 0.6) is 0 Å². The van der Waals surface area contributed by atoms with Crippen LogP contribution >= 0.6 is 0 Å². The van der Waals surface area contributed by atoms with Crippen molar-refractivity contribution < 1.29 is 18.9 Å². The van der Waals surface area contributed by atoms with E-state index in [2.05, 4.69) is 26.1 Å². The minimum atomic E-state index is -0.802. The Hall–Kier alpha value is -4.01. The fourth-order valence-electron chi connectivity index (χ4n) is 3.08. The molecular formula is C21H19N5O4. The van der Waals surface area contributed by atoms with Crippen LogP contribution in [0.3, 0.4) is 0 Å². The molecule has 1 unspecified atom stereocenters. The minimum absolute atomic E-state index is 0.0500. The molecule has 0 saturated heterocycles. The maximum atomic E-state index is 12.4. The van der Waals surface area contributed by atoms with Crippen molar-refractivity contribution >= 4 is 23.4 Å². The van der Waals surface area contributed by atoms with Crippen LogP contribution in [0, 0.1) is 0 Å². The Morgan fingerprint density at radius 3 is 2.67 bits per heavy atom. The first-order chi connectivity index (χ1) is 14.6. The Balaban J connectivity index is 1.29. The summed E-state index contributed by atoms with van der Waals surface area (Å²) in [5.74, 6) is -0.284. The van der Waals surface area contributed by atoms with Gasteiger partial charge in [-0.3, -0.25) is 14.4 Å². The maximum Gasteiger partial charge on any atom is 0.254 e. The molecular weight excluding hydrogens is 386 g/mol. The van der Waals surface area contributed by atoms with E-state index >= 15 is 0 Å². The van der Waals surface area contributed by atoms with Crippen molar-refractivity contribution in [2.75, 3.05) is 5.32 Å². The lowest BCUT2D eigenvalue weighted by atomic mass is 10.1. The van der Waals surface area contributed by atoms with E-state index in [0.717, 1.165) is 5.56 Å². The van der Waals surface area contributed by atoms with Crippen LogP contribution in [0.1, 0.15) is 29.1 Å². The summed E-state index contributed by atoms with van der Waals surface area (Å²) in [7, 11) is 0. The van der Waals surface area contributed by atoms with Crippen LogP contribution in [0.15, 0.2) is 59.1 Å². The topological polar surface area (TPSA) is 126 Å². The highest BCUT2D eigenvalue weighted by atomic mass is 16.5. The monoisotopic (exact) mass is 405 g/mol. The summed E-state index contributed by atoms with van der Waals surface area (Å²) < 4.78 is 5.15. The third-order valence-electron chi connectivity index (χ3n) is 4.65. The Morgan fingerprint density at radius 1 is 1.07 bits per heavy atom. The molecule has 9 heteroatoms. The first-order valence-corrected chi connectivity index (χ1v) is 9.45. The van der Waals surface area contributed by atoms with Crippen LogP contribution < -0.4 is 16.0 Å². The van der Waals surface area contributed by atoms with Gasteiger partial charge in [0, 0.05) is 12.0 Å². The third-order valence-corrected chi connectivity index (χ3v) is 4.65. The molecule has 0 spiro atoms. The van der Waals surface area contributed by atoms with Gasteiger partial charge in [-0.15, -0.1) is 0 Å². The molecule has 1 atom stereocenters. The fraction of sp³-hybridized carbons (Fsp3) is 0.190. The molecule has 3 amide bonds. The summed E-state index contributed by atoms with van der Waals surface area (Å²) in [5, 5.41) is 12.0. The molecule has 0 radical (unpaired) electrons. The molecule has 1 aliphatic heterocycles. The number of benzene rings is 2. The SMILES string of the molecule is O=C(CCC1NC(=O)c2ccccc2NC1=O)NCc1nc(-c2ccccc2)no1. The molecule has 0 bridgehead atoms. The van der Waals surface area contributed by atoms with Gasteiger partial charge in [-0.05, 0) is 18.6 Å². The molecule has 0 saturated carbocycles. The van der Waals surface area contributed by atoms with E-state index in [1.807, 2.05) is 30.3 Å². The van der Waals surface area contributed by atoms with Gasteiger partial charge in [-0.25, -0.2) is 0 Å². The van der Waals surface area contributed by atoms with E-state index in [0.29, 0.717) is 17.1 Å². The van der Waals surface area contributed by atoms with Crippen LogP contribution in [0.2, 0.25) is 0 Å². The number of fused-ring (bicyclic) bond motifs is 1. The normalized spacial score (nSPS) is 15.5. The summed E-state index contributed by atoms with van der Waals surface area (Å²) in [4.78, 5) is 41.1. The number of anilines is 1. The number of amides is 3. The van der Waals surface area contributed by atoms with E-state index in [1.54, 1.807) is 24.3 Å². The predicted molar refractivity (Wildman–Crippen MR) is 107 cm³/mol. The van der Waals surface area contributed by atoms with Crippen molar-refractivity contribution in [3.63, 3.8) is 0 Å². The number of hydrogen-bond donors (Lipinski definition) is 3. The van der Waals surface area contributed by atoms with Crippen molar-refractivity contribution in [2.45, 2.75) is 25.4 Å². The molecule has 0 aliphatic carbocycles. The first kappa shape index (κ1) is 19.3. The van der Waals surface area contributed by atoms with Crippen LogP contribution in [-0.2, 0) is 16.1 Å². The number of hydrogen-bond acceptors (Lipinski definition) is 6. The number of nitrogens with zero attached hydrogens (tertiary/aromatic N) is 2. The number of carbonyl (C=O) groups excluding carboxylic acids is 3. The Bertz CT molecular complexity index is 1080. The van der Waals surface area contributed by atoms with Crippen LogP contribution in [0.25, 0.3) is 11.4 Å². The molecule has 3 N–H and O–H groups in total. The second-order valence-corrected chi connectivity index (χ2v) is 6.75. The molecule has 152 valence electrons. The van der Waals surface area contributed by atoms with Crippen LogP contribution in [0.4, 0.5) is 5.69 Å². The predicted octanol–water partition coefficient (Wildman–Crippen LogP) is 1.88. The van der Waals surface area contributed by atoms with E-state index in [-0.39, 0.29) is 43.0 Å². The quantitative estimate of drug-likeness (QED) is 0.575. The van der Waals surface area contributed by atoms with E-state index < -0.39 is 6.04 Å². The average molecular weight is 405 g/mol. The largest absolute Gasteiger partial charge is 0.347 e. The molecule has 9 nitrogen and oxygen atoms in total. The maximum absolute atomic E-state index is 12.4. The van der Waals surface area contributed by atoms with Gasteiger partial charge in [-0.1, -0.05) is 47.6 Å². The summed E-state index contributed by atoms with van der Waals surface area (Å²) in [6.07, 6.45) is 0.213. The molecule has 0 fully saturated rings. The highest BCUT2D eigenvalue weighted by Gasteiger charge is 2.27. The molecule has 1 aliphatic rings. The second kappa shape index (κ2) is 8.56. The van der Waals surface area contributed by atoms with Gasteiger partial charge in [0.15, 0.2) is 0 Å². The summed E-state index contributed by atoms with van der Waals surface area (Å²) in [5.41, 5.74) is 1.66. The van der Waals surface area contributed by atoms with Crippen molar-refractivity contribution in [3.8, 4) is 11.4 Å². The van der Waals surface area contributed by atoms with Crippen LogP contribution in [-0.4, -0.2) is 33.9 Å². The zero-order chi connectivity index (χ0) is 20.9. The van der Waals surface area contributed by atoms with Gasteiger partial charge in [0.1, 0.15) is 6.04 Å². The molecule has 2 aromatic carbocycles. The molecule has 30 heavy (non-hydrogen) atoms. The van der Waals surface area contributed by atoms with Crippen molar-refractivity contribution in [3.05, 3.63) is 66.1 Å². The summed E-state index contributed by atoms with van der Waals surface area (Å²) in [6, 6.07) is 15.3. The molecule has 3 aromatic rings. The Labute approximate surface area is 171 Å². The number of rotatable bonds is 6. The number of carbonyl (C=O) groups is 3. The highest BCUT2D eigenvalue weighted by molar-refractivity contribution is 6.09. The van der Waals surface area contributed by atoms with E-state index in [4.69, 9.17) is 4.52 Å². The minimum Gasteiger partial charge on any atom is -0.347 e. The summed E-state index contributed by atoms with van der Waals surface area (Å²) >= 11 is 0. The number of nitrogens with one attached hydrogen (secondary N) is 3. The molecule has 4 rings (SSSR count). The summed E-state index contributed by atoms with van der Waals surface area (Å²) in [6.45, 7) is 0.0767. The lowest BCUT2D eigenvalue weighted by Crippen LogP contribution is -2.42. The average Bonchev–Trinajstić information content (AvgIpc) is 3.20. The Morgan fingerprint density at radius 2 is 1.83 bits per heavy atom. The van der Waals surface area contributed by atoms with Crippen molar-refractivity contribution in [1.29, 1.82) is 0 Å². The standard InChI is InChI=1S/C21H19N5O4/c27-17(22-12-18-25-19(26-30-18)13-6-2-1-3-7-13)11-10-16-21(29)23-15-9-5-4-8-14(15)20(28)24-16/h1-9,16H,10-12H2,(H,22,27)(H,23,29)(H,24,28). The lowest BCUT2D eigenvalue weighted by molar-refractivity contribution is -0.122. The third kappa shape index (κ3) is 4.35. The molecule has 1 aromatic heterocycles. The van der Waals surface area contributed by atoms with Gasteiger partial charge in [-0.2, -0.15) is 4.98 Å². The number of aromatic nitrogens is 2. The smallest absolute Gasteiger partial charge is 0.254 e. The van der Waals surface area contributed by atoms with Gasteiger partial charge < -0.3 is 20.5 Å². The Kier molecular flexibility index (Phi) is 5.51. The van der Waals surface area contributed by atoms with Gasteiger partial charge in [0.25, 0.3) is 5.91 Å². The number of para-hydroxylation sites is 1. The highest BCUT2D eigenvalue weighted by Crippen LogP contribution is 2.19. The fourth-order valence-corrected chi connectivity index (χ4v) is 3.08. The lowest BCUT2D eigenvalue weighted by Gasteiger charge is -2.14. The zero-order valence-electron chi connectivity index (χ0n) is 15.9. The van der Waals surface area contributed by atoms with Gasteiger partial charge in [0.2, 0.25) is 23.5 Å². The van der Waals surface area contributed by atoms with E-state index in [1.165, 1.54) is 0 Å². The van der Waals surface area contributed by atoms with E-state index in [9.17, 15) is 14.4 Å². The van der Waals surface area contributed by atoms with Crippen molar-refractivity contribution in [2.24, 2.45) is 0 Å². The molecule has 2 heterocycles.